The number of nitrogens with one attached hydrogen (secondary N) is 1. The molecule has 2 N–H and O–H groups in total. The molecule has 5 heteroatoms. The van der Waals surface area contributed by atoms with Gasteiger partial charge in [-0.3, -0.25) is 0 Å². The van der Waals surface area contributed by atoms with Crippen LogP contribution >= 0.6 is 11.6 Å². The van der Waals surface area contributed by atoms with E-state index >= 15 is 0 Å². The average Bonchev–Trinajstić information content (AvgIpc) is 2.87. The minimum absolute atomic E-state index is 0.00991. The van der Waals surface area contributed by atoms with Crippen LogP contribution in [-0.2, 0) is 0 Å². The van der Waals surface area contributed by atoms with Gasteiger partial charge in [-0.05, 0) is 47.0 Å². The summed E-state index contributed by atoms with van der Waals surface area (Å²) in [5.74, 6) is 0.662. The summed E-state index contributed by atoms with van der Waals surface area (Å²) in [5.41, 5.74) is 6.00. The number of rotatable bonds is 1. The number of hydrazine groups is 1. The first-order valence-electron chi connectivity index (χ1n) is 8.82. The lowest BCUT2D eigenvalue weighted by Crippen LogP contribution is -2.39. The van der Waals surface area contributed by atoms with Crippen molar-refractivity contribution >= 4 is 17.3 Å². The first kappa shape index (κ1) is 18.3. The minimum atomic E-state index is -0.101. The van der Waals surface area contributed by atoms with Gasteiger partial charge in [-0.2, -0.15) is 15.6 Å². The van der Waals surface area contributed by atoms with Crippen LogP contribution < -0.4 is 5.43 Å². The van der Waals surface area contributed by atoms with Gasteiger partial charge in [0, 0.05) is 5.03 Å². The molecule has 1 aliphatic heterocycles. The van der Waals surface area contributed by atoms with Crippen LogP contribution in [0.4, 0.5) is 0 Å². The van der Waals surface area contributed by atoms with E-state index in [4.69, 9.17) is 11.6 Å². The van der Waals surface area contributed by atoms with E-state index in [1.807, 2.05) is 18.2 Å². The fourth-order valence-electron chi connectivity index (χ4n) is 3.35. The highest BCUT2D eigenvalue weighted by molar-refractivity contribution is 6.33. The molecule has 1 heterocycles. The normalized spacial score (nSPS) is 27.2. The lowest BCUT2D eigenvalue weighted by atomic mass is 9.69. The van der Waals surface area contributed by atoms with Crippen molar-refractivity contribution in [2.75, 3.05) is 0 Å². The monoisotopic (exact) mass is 361 g/mol. The Balaban J connectivity index is 2.02. The molecule has 0 amide bonds. The van der Waals surface area contributed by atoms with Gasteiger partial charge in [-0.1, -0.05) is 59.2 Å². The second-order valence-electron chi connectivity index (χ2n) is 9.14. The van der Waals surface area contributed by atoms with Gasteiger partial charge in [0.2, 0.25) is 0 Å². The third-order valence-corrected chi connectivity index (χ3v) is 5.32. The highest BCUT2D eigenvalue weighted by atomic mass is 35.5. The fourth-order valence-corrected chi connectivity index (χ4v) is 3.54. The Bertz CT molecular complexity index is 729. The number of nitrogens with zero attached hydrogens (tertiary/aromatic N) is 2. The zero-order valence-corrected chi connectivity index (χ0v) is 16.6. The predicted octanol–water partition coefficient (Wildman–Crippen LogP) is 5.03. The Morgan fingerprint density at radius 1 is 1.24 bits per heavy atom. The summed E-state index contributed by atoms with van der Waals surface area (Å²) in [6.07, 6.45) is 8.72. The molecule has 0 aromatic heterocycles. The molecule has 0 aromatic rings. The molecule has 0 radical (unpaired) electrons. The van der Waals surface area contributed by atoms with Crippen LogP contribution in [0.2, 0.25) is 0 Å². The van der Waals surface area contributed by atoms with E-state index in [2.05, 4.69) is 58.1 Å². The van der Waals surface area contributed by atoms with Crippen LogP contribution in [-0.4, -0.2) is 22.0 Å². The van der Waals surface area contributed by atoms with Crippen LogP contribution in [0.15, 0.2) is 51.5 Å². The standard InChI is InChI=1S/C20H28ClN3O/c1-19(2,3)12-9-14(20(4,5)6)18(25)17(10-12)24-22-15-8-7-13(21)11-16(15)23-24/h7-8,10-12,15,22,25H,9H2,1-6H3. The van der Waals surface area contributed by atoms with Gasteiger partial charge in [-0.25, -0.2) is 0 Å². The maximum Gasteiger partial charge on any atom is 0.141 e. The predicted molar refractivity (Wildman–Crippen MR) is 104 cm³/mol. The molecule has 3 aliphatic rings. The maximum absolute atomic E-state index is 11.0. The highest BCUT2D eigenvalue weighted by Crippen LogP contribution is 2.45. The molecular weight excluding hydrogens is 334 g/mol. The summed E-state index contributed by atoms with van der Waals surface area (Å²) >= 11 is 6.09. The second kappa shape index (κ2) is 6.03. The first-order valence-corrected chi connectivity index (χ1v) is 9.19. The SMILES string of the molecule is CC(C)(C)C1=C(O)C(N2N=C3C=C(Cl)C=CC3N2)=CC(C(C)(C)C)C1. The van der Waals surface area contributed by atoms with Crippen LogP contribution in [0.25, 0.3) is 0 Å². The van der Waals surface area contributed by atoms with E-state index in [0.29, 0.717) is 16.7 Å². The summed E-state index contributed by atoms with van der Waals surface area (Å²) in [4.78, 5) is 0. The Morgan fingerprint density at radius 2 is 1.92 bits per heavy atom. The molecule has 0 saturated carbocycles. The smallest absolute Gasteiger partial charge is 0.141 e. The van der Waals surface area contributed by atoms with Crippen molar-refractivity contribution in [3.63, 3.8) is 0 Å². The number of fused-ring (bicyclic) bond motifs is 1. The van der Waals surface area contributed by atoms with Crippen LogP contribution in [0.5, 0.6) is 0 Å². The Labute approximate surface area is 155 Å². The minimum Gasteiger partial charge on any atom is -0.506 e. The molecule has 25 heavy (non-hydrogen) atoms. The van der Waals surface area contributed by atoms with Gasteiger partial charge in [-0.15, -0.1) is 0 Å². The molecule has 0 aromatic carbocycles. The summed E-state index contributed by atoms with van der Waals surface area (Å²) in [6.45, 7) is 13.2. The third kappa shape index (κ3) is 3.56. The van der Waals surface area contributed by atoms with Crippen molar-refractivity contribution in [3.05, 3.63) is 46.4 Å². The molecule has 0 saturated heterocycles. The van der Waals surface area contributed by atoms with Crippen LogP contribution in [0.3, 0.4) is 0 Å². The third-order valence-electron chi connectivity index (χ3n) is 5.09. The van der Waals surface area contributed by atoms with E-state index in [1.165, 1.54) is 0 Å². The lowest BCUT2D eigenvalue weighted by Gasteiger charge is -2.38. The van der Waals surface area contributed by atoms with Crippen molar-refractivity contribution in [1.82, 2.24) is 10.5 Å². The average molecular weight is 362 g/mol. The van der Waals surface area contributed by atoms with E-state index < -0.39 is 0 Å². The van der Waals surface area contributed by atoms with Crippen molar-refractivity contribution in [3.8, 4) is 0 Å². The van der Waals surface area contributed by atoms with Gasteiger partial charge < -0.3 is 5.11 Å². The highest BCUT2D eigenvalue weighted by Gasteiger charge is 2.38. The second-order valence-corrected chi connectivity index (χ2v) is 9.57. The number of allylic oxidation sites excluding steroid dienone is 4. The van der Waals surface area contributed by atoms with Gasteiger partial charge in [0.05, 0.1) is 11.8 Å². The quantitative estimate of drug-likeness (QED) is 0.688. The van der Waals surface area contributed by atoms with Crippen LogP contribution in [0, 0.1) is 16.7 Å². The molecule has 136 valence electrons. The summed E-state index contributed by atoms with van der Waals surface area (Å²) in [5, 5.41) is 18.0. The Morgan fingerprint density at radius 3 is 2.52 bits per heavy atom. The number of halogens is 1. The summed E-state index contributed by atoms with van der Waals surface area (Å²) < 4.78 is 0. The molecule has 2 unspecified atom stereocenters. The zero-order chi connectivity index (χ0) is 18.6. The number of aliphatic hydroxyl groups is 1. The van der Waals surface area contributed by atoms with Gasteiger partial charge in [0.25, 0.3) is 0 Å². The largest absolute Gasteiger partial charge is 0.506 e. The van der Waals surface area contributed by atoms with Crippen molar-refractivity contribution in [2.45, 2.75) is 54.0 Å². The number of hydrogen-bond donors (Lipinski definition) is 2. The first-order chi connectivity index (χ1) is 11.5. The van der Waals surface area contributed by atoms with E-state index in [0.717, 1.165) is 23.4 Å². The van der Waals surface area contributed by atoms with Crippen molar-refractivity contribution in [1.29, 1.82) is 0 Å². The maximum atomic E-state index is 11.0. The summed E-state index contributed by atoms with van der Waals surface area (Å²) in [6, 6.07) is -0.00991. The van der Waals surface area contributed by atoms with E-state index in [9.17, 15) is 5.11 Å². The molecule has 0 fully saturated rings. The van der Waals surface area contributed by atoms with Gasteiger partial charge in [0.1, 0.15) is 11.5 Å². The van der Waals surface area contributed by atoms with Crippen molar-refractivity contribution in [2.24, 2.45) is 21.8 Å². The molecular formula is C20H28ClN3O. The number of hydrogen-bond acceptors (Lipinski definition) is 4. The molecule has 3 rings (SSSR count). The molecule has 4 nitrogen and oxygen atoms in total. The van der Waals surface area contributed by atoms with Gasteiger partial charge in [0.15, 0.2) is 0 Å². The Hall–Kier alpha value is -1.52. The molecule has 2 atom stereocenters. The zero-order valence-electron chi connectivity index (χ0n) is 15.9. The topological polar surface area (TPSA) is 47.9 Å². The summed E-state index contributed by atoms with van der Waals surface area (Å²) in [7, 11) is 0. The van der Waals surface area contributed by atoms with Gasteiger partial charge >= 0.3 is 0 Å². The van der Waals surface area contributed by atoms with E-state index in [1.54, 1.807) is 5.12 Å². The number of aliphatic hydroxyl groups excluding tert-OH is 1. The molecule has 0 spiro atoms. The molecule has 0 bridgehead atoms. The van der Waals surface area contributed by atoms with Crippen LogP contribution in [0.1, 0.15) is 48.0 Å². The fraction of sp³-hybridized carbons (Fsp3) is 0.550. The van der Waals surface area contributed by atoms with E-state index in [-0.39, 0.29) is 16.9 Å². The number of hydrazone groups is 1. The van der Waals surface area contributed by atoms with Crippen molar-refractivity contribution < 1.29 is 5.11 Å². The lowest BCUT2D eigenvalue weighted by molar-refractivity contribution is 0.214. The Kier molecular flexibility index (Phi) is 4.41. The molecule has 2 aliphatic carbocycles.